The van der Waals surface area contributed by atoms with Gasteiger partial charge in [-0.15, -0.1) is 11.3 Å². The molecule has 0 aliphatic rings. The zero-order chi connectivity index (χ0) is 18.8. The fraction of sp³-hybridized carbons (Fsp3) is 0.294. The standard InChI is InChI=1S/C17H16F2N4O2S/c1-3-14-21-15-16(26-14)9(2)22-23(17(15)25)8-13(24)20-7-10-6-11(18)4-5-12(10)19/h4-6H,3,7-8H2,1-2H3,(H,20,24). The molecule has 0 aliphatic heterocycles. The van der Waals surface area contributed by atoms with Crippen LogP contribution in [0.2, 0.25) is 0 Å². The van der Waals surface area contributed by atoms with Crippen LogP contribution in [-0.4, -0.2) is 20.7 Å². The Morgan fingerprint density at radius 1 is 1.35 bits per heavy atom. The number of hydrogen-bond acceptors (Lipinski definition) is 5. The minimum Gasteiger partial charge on any atom is -0.350 e. The normalized spacial score (nSPS) is 11.1. The van der Waals surface area contributed by atoms with E-state index >= 15 is 0 Å². The van der Waals surface area contributed by atoms with Crippen molar-refractivity contribution >= 4 is 27.5 Å². The molecule has 3 aromatic rings. The van der Waals surface area contributed by atoms with Crippen molar-refractivity contribution in [2.75, 3.05) is 0 Å². The van der Waals surface area contributed by atoms with E-state index in [9.17, 15) is 18.4 Å². The molecule has 0 atom stereocenters. The Hall–Kier alpha value is -2.68. The second kappa shape index (κ2) is 7.28. The van der Waals surface area contributed by atoms with E-state index in [1.807, 2.05) is 6.92 Å². The van der Waals surface area contributed by atoms with Gasteiger partial charge >= 0.3 is 0 Å². The Morgan fingerprint density at radius 2 is 2.12 bits per heavy atom. The molecule has 1 N–H and O–H groups in total. The molecule has 0 aliphatic carbocycles. The van der Waals surface area contributed by atoms with Crippen LogP contribution in [-0.2, 0) is 24.3 Å². The van der Waals surface area contributed by atoms with Crippen LogP contribution in [0.4, 0.5) is 8.78 Å². The number of carbonyl (C=O) groups excluding carboxylic acids is 1. The molecule has 0 unspecified atom stereocenters. The lowest BCUT2D eigenvalue weighted by Gasteiger charge is -2.08. The first kappa shape index (κ1) is 18.1. The number of aryl methyl sites for hydroxylation is 2. The lowest BCUT2D eigenvalue weighted by Crippen LogP contribution is -2.34. The zero-order valence-corrected chi connectivity index (χ0v) is 15.0. The predicted octanol–water partition coefficient (Wildman–Crippen LogP) is 2.32. The number of halogens is 2. The van der Waals surface area contributed by atoms with Crippen molar-refractivity contribution in [1.29, 1.82) is 0 Å². The first-order valence-corrected chi connectivity index (χ1v) is 8.78. The van der Waals surface area contributed by atoms with E-state index in [-0.39, 0.29) is 18.7 Å². The van der Waals surface area contributed by atoms with Gasteiger partial charge in [0, 0.05) is 12.1 Å². The van der Waals surface area contributed by atoms with E-state index in [0.717, 1.165) is 27.9 Å². The Bertz CT molecular complexity index is 1050. The van der Waals surface area contributed by atoms with Crippen molar-refractivity contribution in [2.24, 2.45) is 0 Å². The van der Waals surface area contributed by atoms with Crippen molar-refractivity contribution in [1.82, 2.24) is 20.1 Å². The summed E-state index contributed by atoms with van der Waals surface area (Å²) in [6.07, 6.45) is 0.706. The lowest BCUT2D eigenvalue weighted by atomic mass is 10.2. The summed E-state index contributed by atoms with van der Waals surface area (Å²) >= 11 is 1.41. The van der Waals surface area contributed by atoms with Gasteiger partial charge in [-0.2, -0.15) is 5.10 Å². The molecule has 3 rings (SSSR count). The maximum absolute atomic E-state index is 13.6. The highest BCUT2D eigenvalue weighted by molar-refractivity contribution is 7.18. The number of aromatic nitrogens is 3. The molecule has 1 amide bonds. The number of rotatable bonds is 5. The summed E-state index contributed by atoms with van der Waals surface area (Å²) in [7, 11) is 0. The molecule has 0 saturated heterocycles. The highest BCUT2D eigenvalue weighted by Gasteiger charge is 2.15. The second-order valence-electron chi connectivity index (χ2n) is 5.70. The van der Waals surface area contributed by atoms with Gasteiger partial charge in [-0.3, -0.25) is 9.59 Å². The van der Waals surface area contributed by atoms with Crippen LogP contribution in [0.25, 0.3) is 10.2 Å². The van der Waals surface area contributed by atoms with Gasteiger partial charge in [0.05, 0.1) is 15.4 Å². The minimum absolute atomic E-state index is 0.0253. The monoisotopic (exact) mass is 378 g/mol. The second-order valence-corrected chi connectivity index (χ2v) is 6.78. The van der Waals surface area contributed by atoms with E-state index in [1.54, 1.807) is 6.92 Å². The predicted molar refractivity (Wildman–Crippen MR) is 94.0 cm³/mol. The highest BCUT2D eigenvalue weighted by atomic mass is 32.1. The van der Waals surface area contributed by atoms with Gasteiger partial charge in [0.2, 0.25) is 5.91 Å². The first-order chi connectivity index (χ1) is 12.4. The van der Waals surface area contributed by atoms with Gasteiger partial charge in [-0.25, -0.2) is 18.4 Å². The van der Waals surface area contributed by atoms with Crippen LogP contribution < -0.4 is 10.9 Å². The van der Waals surface area contributed by atoms with Crippen molar-refractivity contribution < 1.29 is 13.6 Å². The number of amides is 1. The number of carbonyl (C=O) groups is 1. The number of hydrogen-bond donors (Lipinski definition) is 1. The number of nitrogens with one attached hydrogen (secondary N) is 1. The Balaban J connectivity index is 1.78. The molecular formula is C17H16F2N4O2S. The summed E-state index contributed by atoms with van der Waals surface area (Å²) < 4.78 is 28.5. The van der Waals surface area contributed by atoms with Crippen LogP contribution >= 0.6 is 11.3 Å². The number of fused-ring (bicyclic) bond motifs is 1. The van der Waals surface area contributed by atoms with Gasteiger partial charge in [0.25, 0.3) is 5.56 Å². The van der Waals surface area contributed by atoms with E-state index in [1.165, 1.54) is 11.3 Å². The molecule has 26 heavy (non-hydrogen) atoms. The van der Waals surface area contributed by atoms with Gasteiger partial charge in [0.15, 0.2) is 5.52 Å². The van der Waals surface area contributed by atoms with Crippen LogP contribution in [0.15, 0.2) is 23.0 Å². The summed E-state index contributed by atoms with van der Waals surface area (Å²) in [5.41, 5.74) is 0.482. The summed E-state index contributed by atoms with van der Waals surface area (Å²) in [5.74, 6) is -1.74. The van der Waals surface area contributed by atoms with E-state index < -0.39 is 23.1 Å². The van der Waals surface area contributed by atoms with Crippen LogP contribution in [0.1, 0.15) is 23.2 Å². The van der Waals surface area contributed by atoms with Gasteiger partial charge in [-0.1, -0.05) is 6.92 Å². The van der Waals surface area contributed by atoms with E-state index in [2.05, 4.69) is 15.4 Å². The molecule has 2 aromatic heterocycles. The van der Waals surface area contributed by atoms with Crippen molar-refractivity contribution in [3.8, 4) is 0 Å². The topological polar surface area (TPSA) is 76.9 Å². The Kier molecular flexibility index (Phi) is 5.08. The summed E-state index contributed by atoms with van der Waals surface area (Å²) in [6, 6.07) is 3.01. The van der Waals surface area contributed by atoms with Gasteiger partial charge in [-0.05, 0) is 31.5 Å². The fourth-order valence-corrected chi connectivity index (χ4v) is 3.41. The number of benzene rings is 1. The van der Waals surface area contributed by atoms with Crippen molar-refractivity contribution in [3.05, 3.63) is 56.5 Å². The Labute approximate surface area is 151 Å². The van der Waals surface area contributed by atoms with Crippen molar-refractivity contribution in [2.45, 2.75) is 33.4 Å². The Morgan fingerprint density at radius 3 is 2.85 bits per heavy atom. The molecule has 0 spiro atoms. The third kappa shape index (κ3) is 3.62. The molecule has 0 bridgehead atoms. The van der Waals surface area contributed by atoms with Crippen LogP contribution in [0, 0.1) is 18.6 Å². The molecule has 2 heterocycles. The minimum atomic E-state index is -0.617. The fourth-order valence-electron chi connectivity index (χ4n) is 2.47. The van der Waals surface area contributed by atoms with Crippen LogP contribution in [0.5, 0.6) is 0 Å². The molecule has 0 radical (unpaired) electrons. The van der Waals surface area contributed by atoms with E-state index in [4.69, 9.17) is 0 Å². The molecular weight excluding hydrogens is 362 g/mol. The molecule has 0 saturated carbocycles. The molecule has 1 aromatic carbocycles. The third-order valence-electron chi connectivity index (χ3n) is 3.79. The molecule has 0 fully saturated rings. The molecule has 9 heteroatoms. The summed E-state index contributed by atoms with van der Waals surface area (Å²) in [5, 5.41) is 7.44. The molecule has 6 nitrogen and oxygen atoms in total. The first-order valence-electron chi connectivity index (χ1n) is 7.96. The maximum Gasteiger partial charge on any atom is 0.294 e. The van der Waals surface area contributed by atoms with Gasteiger partial charge < -0.3 is 5.32 Å². The van der Waals surface area contributed by atoms with E-state index in [0.29, 0.717) is 22.3 Å². The number of nitrogens with zero attached hydrogens (tertiary/aromatic N) is 3. The highest BCUT2D eigenvalue weighted by Crippen LogP contribution is 2.21. The van der Waals surface area contributed by atoms with Crippen LogP contribution in [0.3, 0.4) is 0 Å². The average Bonchev–Trinajstić information content (AvgIpc) is 3.05. The summed E-state index contributed by atoms with van der Waals surface area (Å²) in [6.45, 7) is 3.18. The summed E-state index contributed by atoms with van der Waals surface area (Å²) in [4.78, 5) is 28.9. The maximum atomic E-state index is 13.6. The lowest BCUT2D eigenvalue weighted by molar-refractivity contribution is -0.122. The smallest absolute Gasteiger partial charge is 0.294 e. The SMILES string of the molecule is CCc1nc2c(=O)n(CC(=O)NCc3cc(F)ccc3F)nc(C)c2s1. The van der Waals surface area contributed by atoms with Gasteiger partial charge in [0.1, 0.15) is 18.2 Å². The zero-order valence-electron chi connectivity index (χ0n) is 14.2. The number of thiazole rings is 1. The average molecular weight is 378 g/mol. The largest absolute Gasteiger partial charge is 0.350 e. The quantitative estimate of drug-likeness (QED) is 0.739. The van der Waals surface area contributed by atoms with Crippen molar-refractivity contribution in [3.63, 3.8) is 0 Å². The third-order valence-corrected chi connectivity index (χ3v) is 5.10. The molecule has 136 valence electrons.